The van der Waals surface area contributed by atoms with Crippen LogP contribution in [0.5, 0.6) is 0 Å². The van der Waals surface area contributed by atoms with Crippen LogP contribution in [0.25, 0.3) is 0 Å². The number of anilines is 2. The summed E-state index contributed by atoms with van der Waals surface area (Å²) in [6, 6.07) is 16.4. The summed E-state index contributed by atoms with van der Waals surface area (Å²) in [5.74, 6) is -0.881. The first-order valence-electron chi connectivity index (χ1n) is 12.3. The molecule has 1 aliphatic heterocycles. The molecular formula is C26H31N7O5. The number of rotatable bonds is 9. The van der Waals surface area contributed by atoms with E-state index in [1.54, 1.807) is 0 Å². The summed E-state index contributed by atoms with van der Waals surface area (Å²) in [6.07, 6.45) is -0.568. The lowest BCUT2D eigenvalue weighted by Gasteiger charge is -2.25. The first-order chi connectivity index (χ1) is 18.4. The van der Waals surface area contributed by atoms with Crippen LogP contribution in [0.2, 0.25) is 0 Å². The van der Waals surface area contributed by atoms with Gasteiger partial charge in [0.05, 0.1) is 13.2 Å². The van der Waals surface area contributed by atoms with Gasteiger partial charge in [-0.2, -0.15) is 9.67 Å². The van der Waals surface area contributed by atoms with Crippen LogP contribution in [0.4, 0.5) is 16.7 Å². The van der Waals surface area contributed by atoms with E-state index in [4.69, 9.17) is 15.2 Å². The largest absolute Gasteiger partial charge is 0.445 e. The van der Waals surface area contributed by atoms with Gasteiger partial charge in [-0.25, -0.2) is 4.79 Å². The molecule has 0 radical (unpaired) electrons. The number of carbonyl (C=O) groups is 3. The number of ether oxygens (including phenoxy) is 2. The topological polar surface area (TPSA) is 154 Å². The highest BCUT2D eigenvalue weighted by Gasteiger charge is 2.29. The van der Waals surface area contributed by atoms with Crippen molar-refractivity contribution in [2.45, 2.75) is 32.0 Å². The van der Waals surface area contributed by atoms with E-state index in [0.717, 1.165) is 15.8 Å². The average Bonchev–Trinajstić information content (AvgIpc) is 3.34. The van der Waals surface area contributed by atoms with E-state index >= 15 is 0 Å². The predicted octanol–water partition coefficient (Wildman–Crippen LogP) is 1.38. The molecule has 1 fully saturated rings. The smallest absolute Gasteiger partial charge is 0.408 e. The lowest BCUT2D eigenvalue weighted by molar-refractivity contribution is -0.123. The van der Waals surface area contributed by atoms with Gasteiger partial charge in [-0.15, -0.1) is 5.10 Å². The zero-order valence-corrected chi connectivity index (χ0v) is 21.1. The molecule has 12 nitrogen and oxygen atoms in total. The van der Waals surface area contributed by atoms with Crippen molar-refractivity contribution >= 4 is 29.8 Å². The maximum absolute atomic E-state index is 13.5. The summed E-state index contributed by atoms with van der Waals surface area (Å²) in [6.45, 7) is 3.76. The number of carbonyl (C=O) groups excluding carboxylic acids is 3. The standard InChI is InChI=1S/C26H31N7O5/c1-18(28-26(36)38-17-20-10-6-3-7-11-20)22(34)29-21(16-19-8-4-2-5-9-19)23(35)33-24(27)30-25(31-33)32-12-14-37-15-13-32/h2-11,18,21H,12-17H2,1H3,(H,28,36)(H,29,34)(H2,27,30,31)/t18-,21-/m0/s1. The summed E-state index contributed by atoms with van der Waals surface area (Å²) < 4.78 is 11.6. The molecule has 2 amide bonds. The van der Waals surface area contributed by atoms with Gasteiger partial charge < -0.3 is 30.7 Å². The normalized spacial score (nSPS) is 14.8. The number of nitrogens with two attached hydrogens (primary N) is 1. The Balaban J connectivity index is 1.43. The Bertz CT molecular complexity index is 1230. The van der Waals surface area contributed by atoms with Crippen LogP contribution in [-0.2, 0) is 27.3 Å². The van der Waals surface area contributed by atoms with Gasteiger partial charge in [0.15, 0.2) is 0 Å². The van der Waals surface area contributed by atoms with Gasteiger partial charge in [0, 0.05) is 19.5 Å². The molecule has 2 atom stereocenters. The Labute approximate surface area is 220 Å². The van der Waals surface area contributed by atoms with Crippen LogP contribution >= 0.6 is 0 Å². The summed E-state index contributed by atoms with van der Waals surface area (Å²) in [5.41, 5.74) is 7.68. The fraction of sp³-hybridized carbons (Fsp3) is 0.346. The first kappa shape index (κ1) is 26.6. The fourth-order valence-corrected chi connectivity index (χ4v) is 3.87. The van der Waals surface area contributed by atoms with Crippen molar-refractivity contribution in [3.05, 3.63) is 71.8 Å². The third kappa shape index (κ3) is 7.07. The van der Waals surface area contributed by atoms with Crippen molar-refractivity contribution < 1.29 is 23.9 Å². The molecule has 4 rings (SSSR count). The zero-order valence-electron chi connectivity index (χ0n) is 21.1. The van der Waals surface area contributed by atoms with E-state index < -0.39 is 30.0 Å². The number of nitrogen functional groups attached to an aromatic ring is 1. The molecule has 200 valence electrons. The van der Waals surface area contributed by atoms with E-state index in [1.165, 1.54) is 6.92 Å². The molecule has 12 heteroatoms. The first-order valence-corrected chi connectivity index (χ1v) is 12.3. The van der Waals surface area contributed by atoms with Gasteiger partial charge in [0.2, 0.25) is 17.8 Å². The van der Waals surface area contributed by atoms with Crippen LogP contribution < -0.4 is 21.3 Å². The molecule has 0 bridgehead atoms. The van der Waals surface area contributed by atoms with Crippen molar-refractivity contribution in [2.24, 2.45) is 0 Å². The van der Waals surface area contributed by atoms with E-state index in [0.29, 0.717) is 32.3 Å². The number of hydrogen-bond donors (Lipinski definition) is 3. The molecule has 0 unspecified atom stereocenters. The third-order valence-electron chi connectivity index (χ3n) is 5.96. The molecule has 38 heavy (non-hydrogen) atoms. The summed E-state index contributed by atoms with van der Waals surface area (Å²) in [4.78, 5) is 44.9. The molecule has 4 N–H and O–H groups in total. The number of hydrogen-bond acceptors (Lipinski definition) is 9. The number of nitrogens with one attached hydrogen (secondary N) is 2. The monoisotopic (exact) mass is 521 g/mol. The maximum atomic E-state index is 13.5. The highest BCUT2D eigenvalue weighted by atomic mass is 16.5. The van der Waals surface area contributed by atoms with Crippen LogP contribution in [0, 0.1) is 0 Å². The molecule has 1 saturated heterocycles. The van der Waals surface area contributed by atoms with E-state index in [9.17, 15) is 14.4 Å². The van der Waals surface area contributed by atoms with E-state index in [-0.39, 0.29) is 19.0 Å². The zero-order chi connectivity index (χ0) is 26.9. The predicted molar refractivity (Wildman–Crippen MR) is 139 cm³/mol. The number of morpholine rings is 1. The van der Waals surface area contributed by atoms with Gasteiger partial charge in [-0.05, 0) is 18.1 Å². The quantitative estimate of drug-likeness (QED) is 0.379. The molecule has 0 saturated carbocycles. The minimum atomic E-state index is -1.02. The minimum Gasteiger partial charge on any atom is -0.445 e. The lowest BCUT2D eigenvalue weighted by Crippen LogP contribution is -2.52. The molecule has 1 aromatic heterocycles. The Hall–Kier alpha value is -4.45. The van der Waals surface area contributed by atoms with Gasteiger partial charge in [-0.3, -0.25) is 9.59 Å². The Kier molecular flexibility index (Phi) is 8.88. The third-order valence-corrected chi connectivity index (χ3v) is 5.96. The van der Waals surface area contributed by atoms with Crippen molar-refractivity contribution in [2.75, 3.05) is 36.9 Å². The van der Waals surface area contributed by atoms with Crippen LogP contribution in [0.3, 0.4) is 0 Å². The van der Waals surface area contributed by atoms with Crippen LogP contribution in [0.15, 0.2) is 60.7 Å². The maximum Gasteiger partial charge on any atom is 0.408 e. The minimum absolute atomic E-state index is 0.0627. The van der Waals surface area contributed by atoms with E-state index in [1.807, 2.05) is 65.6 Å². The molecule has 3 aromatic rings. The SMILES string of the molecule is C[C@H](NC(=O)OCc1ccccc1)C(=O)N[C@@H](Cc1ccccc1)C(=O)n1nc(N2CCOCC2)nc1N. The second-order valence-corrected chi connectivity index (χ2v) is 8.80. The van der Waals surface area contributed by atoms with Crippen molar-refractivity contribution in [1.82, 2.24) is 25.4 Å². The molecule has 2 heterocycles. The van der Waals surface area contributed by atoms with Gasteiger partial charge >= 0.3 is 6.09 Å². The number of aromatic nitrogens is 3. The Morgan fingerprint density at radius 2 is 1.63 bits per heavy atom. The number of nitrogens with zero attached hydrogens (tertiary/aromatic N) is 4. The fourth-order valence-electron chi connectivity index (χ4n) is 3.87. The second-order valence-electron chi connectivity index (χ2n) is 8.80. The number of alkyl carbamates (subject to hydrolysis) is 1. The number of benzene rings is 2. The van der Waals surface area contributed by atoms with E-state index in [2.05, 4.69) is 20.7 Å². The Morgan fingerprint density at radius 1 is 1.00 bits per heavy atom. The van der Waals surface area contributed by atoms with Crippen molar-refractivity contribution in [3.63, 3.8) is 0 Å². The van der Waals surface area contributed by atoms with Crippen LogP contribution in [0.1, 0.15) is 22.8 Å². The molecule has 0 spiro atoms. The number of amides is 2. The molecule has 0 aliphatic carbocycles. The van der Waals surface area contributed by atoms with Crippen LogP contribution in [-0.4, -0.2) is 71.1 Å². The average molecular weight is 522 g/mol. The molecular weight excluding hydrogens is 490 g/mol. The summed E-state index contributed by atoms with van der Waals surface area (Å²) >= 11 is 0. The highest BCUT2D eigenvalue weighted by molar-refractivity contribution is 5.92. The lowest BCUT2D eigenvalue weighted by atomic mass is 10.0. The van der Waals surface area contributed by atoms with Gasteiger partial charge in [0.1, 0.15) is 18.7 Å². The van der Waals surface area contributed by atoms with Crippen molar-refractivity contribution in [3.8, 4) is 0 Å². The summed E-state index contributed by atoms with van der Waals surface area (Å²) in [5, 5.41) is 9.53. The molecule has 2 aromatic carbocycles. The Morgan fingerprint density at radius 3 is 2.29 bits per heavy atom. The van der Waals surface area contributed by atoms with Gasteiger partial charge in [0.25, 0.3) is 5.91 Å². The van der Waals surface area contributed by atoms with Crippen molar-refractivity contribution in [1.29, 1.82) is 0 Å². The second kappa shape index (κ2) is 12.7. The van der Waals surface area contributed by atoms with Gasteiger partial charge in [-0.1, -0.05) is 60.7 Å². The summed E-state index contributed by atoms with van der Waals surface area (Å²) in [7, 11) is 0. The molecule has 1 aliphatic rings. The highest BCUT2D eigenvalue weighted by Crippen LogP contribution is 2.15.